The van der Waals surface area contributed by atoms with Crippen LogP contribution in [0.15, 0.2) is 0 Å². The molecule has 1 aliphatic heterocycles. The van der Waals surface area contributed by atoms with Crippen LogP contribution in [0.4, 0.5) is 0 Å². The number of thioether (sulfide) groups is 1. The summed E-state index contributed by atoms with van der Waals surface area (Å²) in [4.78, 5) is 8.16. The van der Waals surface area contributed by atoms with E-state index in [0.29, 0.717) is 5.25 Å². The van der Waals surface area contributed by atoms with Crippen molar-refractivity contribution >= 4 is 24.0 Å². The maximum atomic E-state index is 5.42. The molecule has 1 saturated heterocycles. The van der Waals surface area contributed by atoms with Gasteiger partial charge < -0.3 is 4.98 Å². The second-order valence-corrected chi connectivity index (χ2v) is 6.29. The summed E-state index contributed by atoms with van der Waals surface area (Å²) < 4.78 is 0.857. The summed E-state index contributed by atoms with van der Waals surface area (Å²) in [6, 6.07) is 0. The zero-order chi connectivity index (χ0) is 11.0. The average Bonchev–Trinajstić information content (AvgIpc) is 2.82. The number of aromatic nitrogens is 2. The Labute approximate surface area is 105 Å². The molecule has 1 aromatic rings. The van der Waals surface area contributed by atoms with E-state index in [1.54, 1.807) is 0 Å². The summed E-state index contributed by atoms with van der Waals surface area (Å²) in [5, 5.41) is 0.564. The number of H-pyrrole nitrogens is 1. The largest absolute Gasteiger partial charge is 0.346 e. The molecule has 1 aromatic heterocycles. The van der Waals surface area contributed by atoms with E-state index in [2.05, 4.69) is 9.97 Å². The van der Waals surface area contributed by atoms with Crippen LogP contribution >= 0.6 is 24.0 Å². The number of aryl methyl sites for hydroxylation is 1. The van der Waals surface area contributed by atoms with Gasteiger partial charge in [-0.05, 0) is 44.3 Å². The van der Waals surface area contributed by atoms with Gasteiger partial charge in [0.15, 0.2) is 0 Å². The molecule has 3 rings (SSSR count). The molecule has 4 heteroatoms. The number of nitrogens with zero attached hydrogens (tertiary/aromatic N) is 1. The van der Waals surface area contributed by atoms with Gasteiger partial charge in [-0.25, -0.2) is 4.98 Å². The van der Waals surface area contributed by atoms with Crippen LogP contribution in [0.25, 0.3) is 0 Å². The summed E-state index contributed by atoms with van der Waals surface area (Å²) in [5.74, 6) is 2.40. The van der Waals surface area contributed by atoms with Crippen molar-refractivity contribution in [1.82, 2.24) is 9.97 Å². The van der Waals surface area contributed by atoms with E-state index < -0.39 is 0 Å². The van der Waals surface area contributed by atoms with Crippen LogP contribution in [0, 0.1) is 4.64 Å². The number of hydrogen-bond donors (Lipinski definition) is 1. The minimum atomic E-state index is 0.564. The molecule has 0 amide bonds. The van der Waals surface area contributed by atoms with Gasteiger partial charge in [-0.2, -0.15) is 11.8 Å². The molecule has 16 heavy (non-hydrogen) atoms. The van der Waals surface area contributed by atoms with Gasteiger partial charge >= 0.3 is 0 Å². The molecule has 2 nitrogen and oxygen atoms in total. The van der Waals surface area contributed by atoms with Gasteiger partial charge in [0, 0.05) is 11.3 Å². The highest BCUT2D eigenvalue weighted by Gasteiger charge is 2.22. The average molecular weight is 252 g/mol. The summed E-state index contributed by atoms with van der Waals surface area (Å²) in [7, 11) is 0. The van der Waals surface area contributed by atoms with Gasteiger partial charge in [0.05, 0.1) is 5.25 Å². The highest BCUT2D eigenvalue weighted by molar-refractivity contribution is 7.99. The number of rotatable bonds is 1. The minimum Gasteiger partial charge on any atom is -0.346 e. The Kier molecular flexibility index (Phi) is 3.03. The Morgan fingerprint density at radius 1 is 1.25 bits per heavy atom. The van der Waals surface area contributed by atoms with Gasteiger partial charge in [-0.3, -0.25) is 0 Å². The normalized spacial score (nSPS) is 24.4. The van der Waals surface area contributed by atoms with Crippen molar-refractivity contribution < 1.29 is 0 Å². The Morgan fingerprint density at radius 2 is 2.12 bits per heavy atom. The van der Waals surface area contributed by atoms with Crippen molar-refractivity contribution in [1.29, 1.82) is 0 Å². The highest BCUT2D eigenvalue weighted by Crippen LogP contribution is 2.38. The molecule has 0 bridgehead atoms. The monoisotopic (exact) mass is 252 g/mol. The fourth-order valence-corrected chi connectivity index (χ4v) is 4.13. The third kappa shape index (κ3) is 1.93. The van der Waals surface area contributed by atoms with Gasteiger partial charge in [0.25, 0.3) is 0 Å². The fourth-order valence-electron chi connectivity index (χ4n) is 2.58. The Morgan fingerprint density at radius 3 is 2.94 bits per heavy atom. The molecule has 1 unspecified atom stereocenters. The van der Waals surface area contributed by atoms with E-state index in [4.69, 9.17) is 12.2 Å². The predicted octanol–water partition coefficient (Wildman–Crippen LogP) is 3.59. The molecule has 1 N–H and O–H groups in total. The van der Waals surface area contributed by atoms with Gasteiger partial charge in [-0.15, -0.1) is 0 Å². The number of aromatic amines is 1. The maximum absolute atomic E-state index is 5.42. The van der Waals surface area contributed by atoms with Crippen LogP contribution in [0.3, 0.4) is 0 Å². The van der Waals surface area contributed by atoms with Crippen LogP contribution in [-0.4, -0.2) is 15.7 Å². The van der Waals surface area contributed by atoms with Crippen LogP contribution in [-0.2, 0) is 12.8 Å². The van der Waals surface area contributed by atoms with Crippen molar-refractivity contribution in [2.75, 3.05) is 5.75 Å². The molecule has 1 fully saturated rings. The number of fused-ring (bicyclic) bond motifs is 1. The van der Waals surface area contributed by atoms with E-state index in [-0.39, 0.29) is 0 Å². The van der Waals surface area contributed by atoms with E-state index in [1.165, 1.54) is 42.7 Å². The van der Waals surface area contributed by atoms with Crippen LogP contribution < -0.4 is 0 Å². The summed E-state index contributed by atoms with van der Waals surface area (Å²) >= 11 is 7.44. The van der Waals surface area contributed by atoms with Crippen molar-refractivity contribution in [3.8, 4) is 0 Å². The van der Waals surface area contributed by atoms with Crippen molar-refractivity contribution in [3.63, 3.8) is 0 Å². The van der Waals surface area contributed by atoms with Gasteiger partial charge in [0.2, 0.25) is 0 Å². The molecule has 0 aromatic carbocycles. The van der Waals surface area contributed by atoms with Crippen LogP contribution in [0.5, 0.6) is 0 Å². The first-order valence-electron chi connectivity index (χ1n) is 6.08. The summed E-state index contributed by atoms with van der Waals surface area (Å²) in [6.07, 6.45) is 7.40. The Bertz CT molecular complexity index is 447. The topological polar surface area (TPSA) is 28.7 Å². The molecule has 1 atom stereocenters. The molecular formula is C12H16N2S2. The number of nitrogens with one attached hydrogen (secondary N) is 1. The molecule has 86 valence electrons. The smallest absolute Gasteiger partial charge is 0.133 e. The Hall–Kier alpha value is -0.350. The van der Waals surface area contributed by atoms with Gasteiger partial charge in [0.1, 0.15) is 10.5 Å². The first-order valence-corrected chi connectivity index (χ1v) is 7.54. The SMILES string of the molecule is S=c1nc(C2CCCS2)[nH]c2c1CCCC2. The lowest BCUT2D eigenvalue weighted by atomic mass is 9.97. The lowest BCUT2D eigenvalue weighted by Gasteiger charge is -2.18. The maximum Gasteiger partial charge on any atom is 0.133 e. The number of hydrogen-bond acceptors (Lipinski definition) is 3. The zero-order valence-corrected chi connectivity index (χ0v) is 10.9. The Balaban J connectivity index is 2.01. The lowest BCUT2D eigenvalue weighted by Crippen LogP contribution is -2.11. The van der Waals surface area contributed by atoms with E-state index >= 15 is 0 Å². The molecule has 0 radical (unpaired) electrons. The second-order valence-electron chi connectivity index (χ2n) is 4.59. The van der Waals surface area contributed by atoms with Crippen molar-refractivity contribution in [2.45, 2.75) is 43.8 Å². The zero-order valence-electron chi connectivity index (χ0n) is 9.29. The molecule has 0 spiro atoms. The highest BCUT2D eigenvalue weighted by atomic mass is 32.2. The lowest BCUT2D eigenvalue weighted by molar-refractivity contribution is 0.645. The quantitative estimate of drug-likeness (QED) is 0.774. The third-order valence-corrected chi connectivity index (χ3v) is 5.19. The summed E-state index contributed by atoms with van der Waals surface area (Å²) in [6.45, 7) is 0. The molecular weight excluding hydrogens is 236 g/mol. The van der Waals surface area contributed by atoms with Crippen molar-refractivity contribution in [2.24, 2.45) is 0 Å². The molecule has 2 heterocycles. The van der Waals surface area contributed by atoms with Crippen LogP contribution in [0.1, 0.15) is 48.0 Å². The van der Waals surface area contributed by atoms with Crippen molar-refractivity contribution in [3.05, 3.63) is 21.7 Å². The van der Waals surface area contributed by atoms with Crippen LogP contribution in [0.2, 0.25) is 0 Å². The predicted molar refractivity (Wildman–Crippen MR) is 70.5 cm³/mol. The van der Waals surface area contributed by atoms with E-state index in [9.17, 15) is 0 Å². The van der Waals surface area contributed by atoms with Gasteiger partial charge in [-0.1, -0.05) is 12.2 Å². The minimum absolute atomic E-state index is 0.564. The second kappa shape index (κ2) is 4.49. The fraction of sp³-hybridized carbons (Fsp3) is 0.667. The van der Waals surface area contributed by atoms with E-state index in [1.807, 2.05) is 11.8 Å². The first kappa shape index (κ1) is 10.8. The first-order chi connectivity index (χ1) is 7.84. The summed E-state index contributed by atoms with van der Waals surface area (Å²) in [5.41, 5.74) is 2.68. The third-order valence-electron chi connectivity index (χ3n) is 3.46. The molecule has 0 saturated carbocycles. The molecule has 2 aliphatic rings. The standard InChI is InChI=1S/C12H16N2S2/c15-12-8-4-1-2-5-9(8)13-11(14-12)10-6-3-7-16-10/h10H,1-7H2,(H,13,14,15). The molecule has 1 aliphatic carbocycles. The van der Waals surface area contributed by atoms with E-state index in [0.717, 1.165) is 23.3 Å².